The maximum Gasteiger partial charge on any atom is 0.315 e. The predicted molar refractivity (Wildman–Crippen MR) is 110 cm³/mol. The summed E-state index contributed by atoms with van der Waals surface area (Å²) < 4.78 is 22.7. The molecule has 1 aliphatic heterocycles. The van der Waals surface area contributed by atoms with Crippen LogP contribution in [0.1, 0.15) is 65.7 Å². The minimum Gasteiger partial charge on any atom is -0.459 e. The quantitative estimate of drug-likeness (QED) is 0.386. The molecule has 0 radical (unpaired) electrons. The molecular formula is C24H34O8. The van der Waals surface area contributed by atoms with Crippen molar-refractivity contribution >= 4 is 17.9 Å². The number of aliphatic hydroxyl groups is 1. The molecule has 8 nitrogen and oxygen atoms in total. The van der Waals surface area contributed by atoms with Crippen molar-refractivity contribution in [1.29, 1.82) is 0 Å². The van der Waals surface area contributed by atoms with Crippen LogP contribution in [0.3, 0.4) is 0 Å². The molecular weight excluding hydrogens is 416 g/mol. The molecule has 5 rings (SSSR count). The summed E-state index contributed by atoms with van der Waals surface area (Å²) in [5.41, 5.74) is -3.05. The number of carbonyl (C=O) groups is 3. The summed E-state index contributed by atoms with van der Waals surface area (Å²) in [7, 11) is 1.46. The molecule has 1 N–H and O–H groups in total. The van der Waals surface area contributed by atoms with E-state index in [9.17, 15) is 19.5 Å². The molecule has 9 atom stereocenters. The number of rotatable bonds is 5. The molecule has 1 saturated heterocycles. The molecule has 4 aliphatic carbocycles. The van der Waals surface area contributed by atoms with Gasteiger partial charge in [0.25, 0.3) is 0 Å². The van der Waals surface area contributed by atoms with E-state index in [0.29, 0.717) is 32.1 Å². The SMILES string of the molecule is CCC1C[C@]23C[C@@]1(OC(C)=O)CC[C@H]2[C@@]12CC[C@H](O)[C@](C)(C(=O)O1)[C@H]2[C@@H]3C(=O)OCOC. The summed E-state index contributed by atoms with van der Waals surface area (Å²) in [6.45, 7) is 5.12. The van der Waals surface area contributed by atoms with Crippen molar-refractivity contribution in [3.8, 4) is 0 Å². The maximum absolute atomic E-state index is 13.6. The van der Waals surface area contributed by atoms with Crippen molar-refractivity contribution in [2.75, 3.05) is 13.9 Å². The Labute approximate surface area is 188 Å². The third kappa shape index (κ3) is 2.43. The van der Waals surface area contributed by atoms with Crippen molar-refractivity contribution < 1.29 is 38.4 Å². The van der Waals surface area contributed by atoms with Crippen molar-refractivity contribution in [1.82, 2.24) is 0 Å². The first-order valence-corrected chi connectivity index (χ1v) is 11.9. The van der Waals surface area contributed by atoms with Crippen LogP contribution < -0.4 is 0 Å². The van der Waals surface area contributed by atoms with Gasteiger partial charge in [-0.05, 0) is 63.2 Å². The minimum absolute atomic E-state index is 0.0291. The fourth-order valence-corrected chi connectivity index (χ4v) is 9.00. The average Bonchev–Trinajstić information content (AvgIpc) is 3.19. The zero-order chi connectivity index (χ0) is 23.1. The molecule has 0 aromatic rings. The molecule has 0 aromatic carbocycles. The molecule has 1 spiro atoms. The molecule has 4 bridgehead atoms. The highest BCUT2D eigenvalue weighted by atomic mass is 16.7. The number of carbonyl (C=O) groups excluding carboxylic acids is 3. The van der Waals surface area contributed by atoms with Crippen molar-refractivity contribution in [2.24, 2.45) is 34.5 Å². The smallest absolute Gasteiger partial charge is 0.315 e. The number of hydrogen-bond donors (Lipinski definition) is 1. The summed E-state index contributed by atoms with van der Waals surface area (Å²) in [6, 6.07) is 0. The summed E-state index contributed by atoms with van der Waals surface area (Å²) >= 11 is 0. The lowest BCUT2D eigenvalue weighted by molar-refractivity contribution is -0.176. The van der Waals surface area contributed by atoms with Crippen molar-refractivity contribution in [2.45, 2.75) is 83.0 Å². The monoisotopic (exact) mass is 450 g/mol. The molecule has 4 saturated carbocycles. The molecule has 5 fully saturated rings. The Morgan fingerprint density at radius 1 is 1.25 bits per heavy atom. The standard InChI is InChI=1S/C24H34O8/c1-5-14-10-22-11-23(14,31-13(2)25)8-6-15(22)24-9-7-16(26)21(3,20(28)32-24)18(24)17(22)19(27)30-12-29-4/h14-18,26H,5-12H2,1-4H3/t14?,15-,16+,17-,18-,21+,22+,23+,24-/m1/s1. The van der Waals surface area contributed by atoms with Gasteiger partial charge in [0, 0.05) is 25.9 Å². The van der Waals surface area contributed by atoms with E-state index in [-0.39, 0.29) is 24.6 Å². The minimum atomic E-state index is -1.16. The topological polar surface area (TPSA) is 108 Å². The van der Waals surface area contributed by atoms with Gasteiger partial charge in [0.1, 0.15) is 11.2 Å². The first-order chi connectivity index (χ1) is 15.1. The molecule has 178 valence electrons. The lowest BCUT2D eigenvalue weighted by Gasteiger charge is -2.47. The second-order valence-electron chi connectivity index (χ2n) is 11.0. The Kier molecular flexibility index (Phi) is 4.79. The van der Waals surface area contributed by atoms with Crippen LogP contribution in [0.5, 0.6) is 0 Å². The molecule has 32 heavy (non-hydrogen) atoms. The highest BCUT2D eigenvalue weighted by Crippen LogP contribution is 2.79. The lowest BCUT2D eigenvalue weighted by Crippen LogP contribution is -2.53. The van der Waals surface area contributed by atoms with E-state index in [1.807, 2.05) is 0 Å². The lowest BCUT2D eigenvalue weighted by atomic mass is 9.59. The molecule has 8 heteroatoms. The zero-order valence-corrected chi connectivity index (χ0v) is 19.3. The zero-order valence-electron chi connectivity index (χ0n) is 19.3. The van der Waals surface area contributed by atoms with E-state index in [4.69, 9.17) is 18.9 Å². The van der Waals surface area contributed by atoms with Crippen LogP contribution in [0.25, 0.3) is 0 Å². The van der Waals surface area contributed by atoms with E-state index < -0.39 is 51.9 Å². The Morgan fingerprint density at radius 3 is 2.66 bits per heavy atom. The highest BCUT2D eigenvalue weighted by Gasteiger charge is 2.85. The van der Waals surface area contributed by atoms with Crippen molar-refractivity contribution in [3.05, 3.63) is 0 Å². The fraction of sp³-hybridized carbons (Fsp3) is 0.875. The summed E-state index contributed by atoms with van der Waals surface area (Å²) in [4.78, 5) is 38.9. The number of hydrogen-bond acceptors (Lipinski definition) is 8. The van der Waals surface area contributed by atoms with E-state index in [0.717, 1.165) is 12.8 Å². The van der Waals surface area contributed by atoms with Crippen LogP contribution in [0.4, 0.5) is 0 Å². The number of fused-ring (bicyclic) bond motifs is 1. The second-order valence-corrected chi connectivity index (χ2v) is 11.0. The van der Waals surface area contributed by atoms with Crippen LogP contribution in [0.2, 0.25) is 0 Å². The van der Waals surface area contributed by atoms with Gasteiger partial charge >= 0.3 is 17.9 Å². The van der Waals surface area contributed by atoms with Crippen molar-refractivity contribution in [3.63, 3.8) is 0 Å². The Bertz CT molecular complexity index is 857. The molecule has 0 amide bonds. The van der Waals surface area contributed by atoms with E-state index in [1.165, 1.54) is 14.0 Å². The van der Waals surface area contributed by atoms with E-state index >= 15 is 0 Å². The Balaban J connectivity index is 1.67. The maximum atomic E-state index is 13.6. The van der Waals surface area contributed by atoms with Gasteiger partial charge in [-0.15, -0.1) is 0 Å². The van der Waals surface area contributed by atoms with Gasteiger partial charge in [0.15, 0.2) is 6.79 Å². The number of methoxy groups -OCH3 is 1. The second kappa shape index (κ2) is 6.92. The first kappa shape index (κ1) is 22.1. The van der Waals surface area contributed by atoms with Crippen LogP contribution in [-0.2, 0) is 33.3 Å². The fourth-order valence-electron chi connectivity index (χ4n) is 9.00. The number of esters is 3. The van der Waals surface area contributed by atoms with Crippen LogP contribution >= 0.6 is 0 Å². The van der Waals surface area contributed by atoms with Gasteiger partial charge in [-0.1, -0.05) is 6.92 Å². The van der Waals surface area contributed by atoms with Gasteiger partial charge in [-0.2, -0.15) is 0 Å². The highest BCUT2D eigenvalue weighted by molar-refractivity contribution is 5.85. The molecule has 1 heterocycles. The number of aliphatic hydroxyl groups excluding tert-OH is 1. The first-order valence-electron chi connectivity index (χ1n) is 11.9. The van der Waals surface area contributed by atoms with Crippen LogP contribution in [0, 0.1) is 34.5 Å². The van der Waals surface area contributed by atoms with Gasteiger partial charge in [-0.25, -0.2) is 0 Å². The summed E-state index contributed by atoms with van der Waals surface area (Å²) in [5, 5.41) is 11.0. The summed E-state index contributed by atoms with van der Waals surface area (Å²) in [6.07, 6.45) is 3.67. The van der Waals surface area contributed by atoms with E-state index in [2.05, 4.69) is 6.92 Å². The van der Waals surface area contributed by atoms with Gasteiger partial charge in [-0.3, -0.25) is 14.4 Å². The third-order valence-electron chi connectivity index (χ3n) is 9.90. The summed E-state index contributed by atoms with van der Waals surface area (Å²) in [5.74, 6) is -2.12. The Morgan fingerprint density at radius 2 is 2.00 bits per heavy atom. The van der Waals surface area contributed by atoms with E-state index in [1.54, 1.807) is 6.92 Å². The van der Waals surface area contributed by atoms with Gasteiger partial charge < -0.3 is 24.1 Å². The predicted octanol–water partition coefficient (Wildman–Crippen LogP) is 2.35. The molecule has 1 unspecified atom stereocenters. The third-order valence-corrected chi connectivity index (χ3v) is 9.90. The molecule has 0 aromatic heterocycles. The average molecular weight is 451 g/mol. The molecule has 5 aliphatic rings. The number of ether oxygens (including phenoxy) is 4. The van der Waals surface area contributed by atoms with Crippen LogP contribution in [-0.4, -0.2) is 54.2 Å². The van der Waals surface area contributed by atoms with Gasteiger partial charge in [0.05, 0.1) is 17.4 Å². The normalized spacial score (nSPS) is 50.4. The van der Waals surface area contributed by atoms with Gasteiger partial charge in [0.2, 0.25) is 0 Å². The largest absolute Gasteiger partial charge is 0.459 e. The van der Waals surface area contributed by atoms with Crippen LogP contribution in [0.15, 0.2) is 0 Å². The Hall–Kier alpha value is -1.67.